The van der Waals surface area contributed by atoms with Crippen LogP contribution in [0.4, 0.5) is 4.79 Å². The fourth-order valence-corrected chi connectivity index (χ4v) is 1.98. The maximum atomic E-state index is 11.8. The van der Waals surface area contributed by atoms with Crippen LogP contribution in [0.3, 0.4) is 0 Å². The normalized spacial score (nSPS) is 24.6. The van der Waals surface area contributed by atoms with E-state index in [-0.39, 0.29) is 6.54 Å². The van der Waals surface area contributed by atoms with Crippen molar-refractivity contribution in [3.8, 4) is 0 Å². The number of nitrogens with two attached hydrogens (primary N) is 1. The average molecular weight is 273 g/mol. The summed E-state index contributed by atoms with van der Waals surface area (Å²) in [7, 11) is 0. The molecule has 0 aromatic heterocycles. The smallest absolute Gasteiger partial charge is 0.321 e. The highest BCUT2D eigenvalue weighted by Crippen LogP contribution is 2.24. The molecule has 110 valence electrons. The third kappa shape index (κ3) is 4.77. The molecule has 0 aliphatic carbocycles. The second kappa shape index (κ2) is 7.42. The van der Waals surface area contributed by atoms with E-state index in [1.807, 2.05) is 0 Å². The quantitative estimate of drug-likeness (QED) is 0.640. The minimum Gasteiger partial charge on any atom is -0.378 e. The summed E-state index contributed by atoms with van der Waals surface area (Å²) in [6.45, 7) is 5.17. The van der Waals surface area contributed by atoms with E-state index in [4.69, 9.17) is 15.2 Å². The first kappa shape index (κ1) is 15.9. The van der Waals surface area contributed by atoms with Crippen LogP contribution in [0.15, 0.2) is 0 Å². The van der Waals surface area contributed by atoms with Crippen LogP contribution in [0.25, 0.3) is 0 Å². The molecule has 19 heavy (non-hydrogen) atoms. The van der Waals surface area contributed by atoms with Gasteiger partial charge in [0, 0.05) is 19.7 Å². The molecule has 1 saturated heterocycles. The monoisotopic (exact) mass is 273 g/mol. The van der Waals surface area contributed by atoms with E-state index in [0.717, 1.165) is 12.8 Å². The zero-order chi connectivity index (χ0) is 14.3. The van der Waals surface area contributed by atoms with Crippen molar-refractivity contribution in [2.75, 3.05) is 26.3 Å². The molecule has 0 aromatic rings. The number of hydrogen-bond acceptors (Lipinski definition) is 5. The predicted molar refractivity (Wildman–Crippen MR) is 69.6 cm³/mol. The van der Waals surface area contributed by atoms with E-state index in [9.17, 15) is 9.59 Å². The van der Waals surface area contributed by atoms with Crippen LogP contribution in [0.5, 0.6) is 0 Å². The highest BCUT2D eigenvalue weighted by molar-refractivity contribution is 5.96. The second-order valence-electron chi connectivity index (χ2n) is 4.65. The summed E-state index contributed by atoms with van der Waals surface area (Å²) in [6, 6.07) is -0.523. The summed E-state index contributed by atoms with van der Waals surface area (Å²) in [5.74, 6) is -0.482. The van der Waals surface area contributed by atoms with E-state index >= 15 is 0 Å². The van der Waals surface area contributed by atoms with Crippen molar-refractivity contribution in [1.82, 2.24) is 10.6 Å². The van der Waals surface area contributed by atoms with Crippen LogP contribution in [0.2, 0.25) is 0 Å². The van der Waals surface area contributed by atoms with Gasteiger partial charge in [0.2, 0.25) is 0 Å². The maximum absolute atomic E-state index is 11.8. The van der Waals surface area contributed by atoms with Gasteiger partial charge in [-0.2, -0.15) is 0 Å². The molecule has 1 aliphatic rings. The Balaban J connectivity index is 2.49. The van der Waals surface area contributed by atoms with Gasteiger partial charge in [0.15, 0.2) is 0 Å². The molecule has 0 radical (unpaired) electrons. The van der Waals surface area contributed by atoms with Gasteiger partial charge in [-0.05, 0) is 26.7 Å². The Morgan fingerprint density at radius 1 is 1.53 bits per heavy atom. The number of nitrogens with one attached hydrogen (secondary N) is 2. The van der Waals surface area contributed by atoms with Crippen LogP contribution >= 0.6 is 0 Å². The van der Waals surface area contributed by atoms with Crippen LogP contribution in [-0.2, 0) is 14.3 Å². The molecule has 0 spiro atoms. The summed E-state index contributed by atoms with van der Waals surface area (Å²) in [6.07, 6.45) is 0.845. The number of carbonyl (C=O) groups excluding carboxylic acids is 2. The van der Waals surface area contributed by atoms with E-state index in [1.54, 1.807) is 13.8 Å². The lowest BCUT2D eigenvalue weighted by atomic mass is 9.96. The SMILES string of the molecule is CCNC(=O)NC(=O)C(C)OC1(CN)CCCOC1. The van der Waals surface area contributed by atoms with Gasteiger partial charge in [-0.15, -0.1) is 0 Å². The maximum Gasteiger partial charge on any atom is 0.321 e. The molecular formula is C12H23N3O4. The van der Waals surface area contributed by atoms with Crippen molar-refractivity contribution in [2.24, 2.45) is 5.73 Å². The van der Waals surface area contributed by atoms with Crippen molar-refractivity contribution in [2.45, 2.75) is 38.4 Å². The van der Waals surface area contributed by atoms with Crippen molar-refractivity contribution >= 4 is 11.9 Å². The molecule has 1 aliphatic heterocycles. The van der Waals surface area contributed by atoms with Crippen molar-refractivity contribution in [3.05, 3.63) is 0 Å². The van der Waals surface area contributed by atoms with Gasteiger partial charge >= 0.3 is 6.03 Å². The number of hydrogen-bond donors (Lipinski definition) is 3. The number of urea groups is 1. The van der Waals surface area contributed by atoms with Crippen LogP contribution in [0.1, 0.15) is 26.7 Å². The molecule has 0 bridgehead atoms. The summed E-state index contributed by atoms with van der Waals surface area (Å²) >= 11 is 0. The van der Waals surface area contributed by atoms with Gasteiger partial charge in [0.25, 0.3) is 5.91 Å². The van der Waals surface area contributed by atoms with Gasteiger partial charge in [-0.3, -0.25) is 10.1 Å². The highest BCUT2D eigenvalue weighted by Gasteiger charge is 2.36. The summed E-state index contributed by atoms with van der Waals surface area (Å²) < 4.78 is 11.1. The lowest BCUT2D eigenvalue weighted by Gasteiger charge is -2.37. The van der Waals surface area contributed by atoms with Crippen LogP contribution < -0.4 is 16.4 Å². The minimum atomic E-state index is -0.757. The Hall–Kier alpha value is -1.18. The Bertz CT molecular complexity index is 316. The Morgan fingerprint density at radius 3 is 2.79 bits per heavy atom. The van der Waals surface area contributed by atoms with Crippen molar-refractivity contribution in [1.29, 1.82) is 0 Å². The first-order chi connectivity index (χ1) is 9.03. The number of amides is 3. The van der Waals surface area contributed by atoms with Crippen LogP contribution in [-0.4, -0.2) is 49.9 Å². The first-order valence-corrected chi connectivity index (χ1v) is 6.57. The number of imide groups is 1. The topological polar surface area (TPSA) is 103 Å². The molecule has 4 N–H and O–H groups in total. The Labute approximate surface area is 113 Å². The minimum absolute atomic E-state index is 0.284. The van der Waals surface area contributed by atoms with Gasteiger partial charge in [0.05, 0.1) is 6.61 Å². The van der Waals surface area contributed by atoms with E-state index in [1.165, 1.54) is 0 Å². The zero-order valence-corrected chi connectivity index (χ0v) is 11.5. The standard InChI is InChI=1S/C12H23N3O4/c1-3-14-11(17)15-10(16)9(2)19-12(7-13)5-4-6-18-8-12/h9H,3-8,13H2,1-2H3,(H2,14,15,16,17). The lowest BCUT2D eigenvalue weighted by Crippen LogP contribution is -2.53. The highest BCUT2D eigenvalue weighted by atomic mass is 16.6. The lowest BCUT2D eigenvalue weighted by molar-refractivity contribution is -0.164. The molecule has 1 rings (SSSR count). The molecule has 2 atom stereocenters. The predicted octanol–water partition coefficient (Wildman–Crippen LogP) is -0.255. The molecule has 0 saturated carbocycles. The fourth-order valence-electron chi connectivity index (χ4n) is 1.98. The largest absolute Gasteiger partial charge is 0.378 e. The fraction of sp³-hybridized carbons (Fsp3) is 0.833. The summed E-state index contributed by atoms with van der Waals surface area (Å²) in [5, 5.41) is 4.70. The van der Waals surface area contributed by atoms with Crippen molar-refractivity contribution in [3.63, 3.8) is 0 Å². The molecule has 3 amide bonds. The third-order valence-corrected chi connectivity index (χ3v) is 3.03. The van der Waals surface area contributed by atoms with Crippen molar-refractivity contribution < 1.29 is 19.1 Å². The number of carbonyl (C=O) groups is 2. The number of ether oxygens (including phenoxy) is 2. The summed E-state index contributed by atoms with van der Waals surface area (Å²) in [5.41, 5.74) is 5.09. The van der Waals surface area contributed by atoms with Crippen LogP contribution in [0, 0.1) is 0 Å². The van der Waals surface area contributed by atoms with E-state index < -0.39 is 23.6 Å². The summed E-state index contributed by atoms with van der Waals surface area (Å²) in [4.78, 5) is 23.0. The molecule has 0 aromatic carbocycles. The molecule has 2 unspecified atom stereocenters. The Kier molecular flexibility index (Phi) is 6.20. The molecular weight excluding hydrogens is 250 g/mol. The molecule has 1 fully saturated rings. The molecule has 7 nitrogen and oxygen atoms in total. The molecule has 7 heteroatoms. The van der Waals surface area contributed by atoms with Gasteiger partial charge in [-0.25, -0.2) is 4.79 Å². The zero-order valence-electron chi connectivity index (χ0n) is 11.5. The Morgan fingerprint density at radius 2 is 2.26 bits per heavy atom. The van der Waals surface area contributed by atoms with Gasteiger partial charge < -0.3 is 20.5 Å². The van der Waals surface area contributed by atoms with E-state index in [0.29, 0.717) is 19.8 Å². The van der Waals surface area contributed by atoms with Gasteiger partial charge in [0.1, 0.15) is 11.7 Å². The molecule has 1 heterocycles. The third-order valence-electron chi connectivity index (χ3n) is 3.03. The second-order valence-corrected chi connectivity index (χ2v) is 4.65. The first-order valence-electron chi connectivity index (χ1n) is 6.57. The average Bonchev–Trinajstić information content (AvgIpc) is 2.40. The van der Waals surface area contributed by atoms with Gasteiger partial charge in [-0.1, -0.05) is 0 Å². The number of rotatable bonds is 5. The van der Waals surface area contributed by atoms with E-state index in [2.05, 4.69) is 10.6 Å².